The number of carbonyl (C=O) groups excluding carboxylic acids is 2. The molecule has 0 aromatic heterocycles. The van der Waals surface area contributed by atoms with E-state index in [-0.39, 0.29) is 23.3 Å². The first kappa shape index (κ1) is 19.4. The van der Waals surface area contributed by atoms with E-state index in [1.807, 2.05) is 0 Å². The maximum absolute atomic E-state index is 13.7. The summed E-state index contributed by atoms with van der Waals surface area (Å²) in [6.07, 6.45) is -3.87. The molecule has 152 valence electrons. The van der Waals surface area contributed by atoms with Gasteiger partial charge in [0.05, 0.1) is 11.6 Å². The van der Waals surface area contributed by atoms with E-state index in [9.17, 15) is 27.2 Å². The Morgan fingerprint density at radius 1 is 1.21 bits per heavy atom. The summed E-state index contributed by atoms with van der Waals surface area (Å²) < 4.78 is 52.5. The molecule has 1 fully saturated rings. The number of anilines is 1. The fourth-order valence-corrected chi connectivity index (χ4v) is 3.96. The van der Waals surface area contributed by atoms with Crippen molar-refractivity contribution in [2.24, 2.45) is 11.3 Å². The van der Waals surface area contributed by atoms with Gasteiger partial charge in [-0.05, 0) is 48.1 Å². The number of benzene rings is 2. The predicted molar refractivity (Wildman–Crippen MR) is 97.9 cm³/mol. The molecule has 0 bridgehead atoms. The van der Waals surface area contributed by atoms with Crippen molar-refractivity contribution < 1.29 is 27.2 Å². The van der Waals surface area contributed by atoms with Crippen molar-refractivity contribution in [1.29, 1.82) is 0 Å². The van der Waals surface area contributed by atoms with Crippen molar-refractivity contribution in [2.75, 3.05) is 5.32 Å². The van der Waals surface area contributed by atoms with E-state index in [1.54, 1.807) is 18.2 Å². The predicted octanol–water partition coefficient (Wildman–Crippen LogP) is 4.93. The van der Waals surface area contributed by atoms with Crippen LogP contribution in [-0.2, 0) is 6.18 Å². The Morgan fingerprint density at radius 2 is 1.90 bits per heavy atom. The lowest BCUT2D eigenvalue weighted by atomic mass is 9.95. The second-order valence-electron chi connectivity index (χ2n) is 8.20. The molecule has 0 spiro atoms. The summed E-state index contributed by atoms with van der Waals surface area (Å²) in [4.78, 5) is 24.9. The fourth-order valence-electron chi connectivity index (χ4n) is 3.96. The second kappa shape index (κ2) is 6.30. The van der Waals surface area contributed by atoms with E-state index in [1.165, 1.54) is 0 Å². The van der Waals surface area contributed by atoms with Crippen LogP contribution in [0.4, 0.5) is 23.2 Å². The molecule has 8 heteroatoms. The Hall–Kier alpha value is -2.90. The smallest absolute Gasteiger partial charge is 0.345 e. The zero-order valence-corrected chi connectivity index (χ0v) is 15.7. The van der Waals surface area contributed by atoms with Crippen LogP contribution in [-0.4, -0.2) is 11.8 Å². The standard InChI is InChI=1S/C21H18F4N2O2/c1-20(2)9-14(20)17-16-13(19(29)27-17)4-3-5-15(16)26-18(28)10-6-11(21(23,24)25)8-12(22)7-10/h3-8,14,17H,9H2,1-2H3,(H,26,28)(H,27,29). The van der Waals surface area contributed by atoms with Gasteiger partial charge in [0.15, 0.2) is 0 Å². The van der Waals surface area contributed by atoms with Gasteiger partial charge in [0.2, 0.25) is 0 Å². The molecule has 0 radical (unpaired) electrons. The quantitative estimate of drug-likeness (QED) is 0.711. The third-order valence-corrected chi connectivity index (χ3v) is 5.68. The van der Waals surface area contributed by atoms with Gasteiger partial charge in [-0.3, -0.25) is 9.59 Å². The zero-order valence-electron chi connectivity index (χ0n) is 15.7. The first-order valence-corrected chi connectivity index (χ1v) is 9.10. The van der Waals surface area contributed by atoms with Crippen molar-refractivity contribution >= 4 is 17.5 Å². The highest BCUT2D eigenvalue weighted by molar-refractivity contribution is 6.07. The molecule has 2 aliphatic rings. The molecule has 1 saturated carbocycles. The highest BCUT2D eigenvalue weighted by atomic mass is 19.4. The van der Waals surface area contributed by atoms with Gasteiger partial charge in [-0.25, -0.2) is 4.39 Å². The summed E-state index contributed by atoms with van der Waals surface area (Å²) in [7, 11) is 0. The first-order valence-electron chi connectivity index (χ1n) is 9.10. The number of hydrogen-bond donors (Lipinski definition) is 2. The summed E-state index contributed by atoms with van der Waals surface area (Å²) >= 11 is 0. The molecule has 4 rings (SSSR count). The van der Waals surface area contributed by atoms with Crippen LogP contribution in [0.2, 0.25) is 0 Å². The van der Waals surface area contributed by atoms with Crippen molar-refractivity contribution in [3.05, 3.63) is 64.5 Å². The molecule has 2 amide bonds. The Kier molecular flexibility index (Phi) is 4.22. The van der Waals surface area contributed by atoms with Gasteiger partial charge in [-0.1, -0.05) is 19.9 Å². The van der Waals surface area contributed by atoms with Crippen LogP contribution >= 0.6 is 0 Å². The van der Waals surface area contributed by atoms with Crippen LogP contribution in [0.1, 0.15) is 58.2 Å². The molecule has 2 unspecified atom stereocenters. The Bertz CT molecular complexity index is 1030. The highest BCUT2D eigenvalue weighted by Crippen LogP contribution is 2.59. The maximum Gasteiger partial charge on any atom is 0.416 e. The Labute approximate surface area is 164 Å². The number of halogens is 4. The number of rotatable bonds is 3. The van der Waals surface area contributed by atoms with Gasteiger partial charge in [0.1, 0.15) is 5.82 Å². The van der Waals surface area contributed by atoms with Crippen LogP contribution in [0.3, 0.4) is 0 Å². The van der Waals surface area contributed by atoms with E-state index in [4.69, 9.17) is 0 Å². The van der Waals surface area contributed by atoms with Crippen LogP contribution in [0.5, 0.6) is 0 Å². The zero-order chi connectivity index (χ0) is 21.1. The lowest BCUT2D eigenvalue weighted by Crippen LogP contribution is -2.22. The summed E-state index contributed by atoms with van der Waals surface area (Å²) in [6.45, 7) is 4.16. The summed E-state index contributed by atoms with van der Waals surface area (Å²) in [5.41, 5.74) is -0.275. The highest BCUT2D eigenvalue weighted by Gasteiger charge is 2.53. The Morgan fingerprint density at radius 3 is 2.52 bits per heavy atom. The van der Waals surface area contributed by atoms with Gasteiger partial charge in [0, 0.05) is 22.4 Å². The van der Waals surface area contributed by atoms with E-state index in [0.29, 0.717) is 28.9 Å². The summed E-state index contributed by atoms with van der Waals surface area (Å²) in [5.74, 6) is -2.10. The third-order valence-electron chi connectivity index (χ3n) is 5.68. The number of amides is 2. The van der Waals surface area contributed by atoms with Gasteiger partial charge in [0.25, 0.3) is 11.8 Å². The molecule has 2 N–H and O–H groups in total. The van der Waals surface area contributed by atoms with Crippen molar-refractivity contribution in [3.63, 3.8) is 0 Å². The van der Waals surface area contributed by atoms with Crippen LogP contribution < -0.4 is 10.6 Å². The SMILES string of the molecule is CC1(C)CC1C1NC(=O)c2cccc(NC(=O)c3cc(F)cc(C(F)(F)F)c3)c21. The normalized spacial score (nSPS) is 22.1. The molecule has 29 heavy (non-hydrogen) atoms. The molecule has 4 nitrogen and oxygen atoms in total. The molecule has 2 aromatic rings. The van der Waals surface area contributed by atoms with E-state index >= 15 is 0 Å². The van der Waals surface area contributed by atoms with Gasteiger partial charge in [-0.2, -0.15) is 13.2 Å². The average Bonchev–Trinajstić information content (AvgIpc) is 3.12. The van der Waals surface area contributed by atoms with Crippen LogP contribution in [0.25, 0.3) is 0 Å². The number of nitrogens with one attached hydrogen (secondary N) is 2. The molecule has 0 saturated heterocycles. The van der Waals surface area contributed by atoms with E-state index in [0.717, 1.165) is 12.5 Å². The fraction of sp³-hybridized carbons (Fsp3) is 0.333. The number of carbonyl (C=O) groups is 2. The van der Waals surface area contributed by atoms with Crippen molar-refractivity contribution in [2.45, 2.75) is 32.5 Å². The van der Waals surface area contributed by atoms with E-state index in [2.05, 4.69) is 24.5 Å². The van der Waals surface area contributed by atoms with Gasteiger partial charge in [-0.15, -0.1) is 0 Å². The minimum atomic E-state index is -4.77. The maximum atomic E-state index is 13.7. The van der Waals surface area contributed by atoms with Crippen molar-refractivity contribution in [1.82, 2.24) is 5.32 Å². The first-order chi connectivity index (χ1) is 13.5. The number of alkyl halides is 3. The molecular weight excluding hydrogens is 388 g/mol. The largest absolute Gasteiger partial charge is 0.416 e. The van der Waals surface area contributed by atoms with Crippen LogP contribution in [0.15, 0.2) is 36.4 Å². The minimum absolute atomic E-state index is 0.0425. The average molecular weight is 406 g/mol. The molecule has 1 aliphatic carbocycles. The van der Waals surface area contributed by atoms with Crippen molar-refractivity contribution in [3.8, 4) is 0 Å². The molecule has 2 atom stereocenters. The number of fused-ring (bicyclic) bond motifs is 1. The van der Waals surface area contributed by atoms with Gasteiger partial charge >= 0.3 is 6.18 Å². The monoisotopic (exact) mass is 406 g/mol. The third kappa shape index (κ3) is 3.47. The van der Waals surface area contributed by atoms with Crippen LogP contribution in [0, 0.1) is 17.2 Å². The molecule has 1 heterocycles. The molecule has 2 aromatic carbocycles. The number of hydrogen-bond acceptors (Lipinski definition) is 2. The summed E-state index contributed by atoms with van der Waals surface area (Å²) in [6, 6.07) is 6.21. The minimum Gasteiger partial charge on any atom is -0.345 e. The Balaban J connectivity index is 1.68. The topological polar surface area (TPSA) is 58.2 Å². The van der Waals surface area contributed by atoms with Gasteiger partial charge < -0.3 is 10.6 Å². The second-order valence-corrected chi connectivity index (χ2v) is 8.20. The van der Waals surface area contributed by atoms with E-state index < -0.39 is 29.0 Å². The lowest BCUT2D eigenvalue weighted by molar-refractivity contribution is -0.137. The molecule has 1 aliphatic heterocycles. The lowest BCUT2D eigenvalue weighted by Gasteiger charge is -2.18. The molecular formula is C21H18F4N2O2. The summed E-state index contributed by atoms with van der Waals surface area (Å²) in [5, 5.41) is 5.49.